The molecule has 1 aromatic heterocycles. The van der Waals surface area contributed by atoms with E-state index in [4.69, 9.17) is 15.6 Å². The second-order valence-electron chi connectivity index (χ2n) is 4.67. The van der Waals surface area contributed by atoms with Gasteiger partial charge >= 0.3 is 5.97 Å². The number of ether oxygens (including phenoxy) is 1. The summed E-state index contributed by atoms with van der Waals surface area (Å²) in [5.41, 5.74) is 8.94. The number of aromatic nitrogens is 1. The fourth-order valence-corrected chi connectivity index (χ4v) is 2.22. The molecule has 102 valence electrons. The molecule has 5 heteroatoms. The molecule has 0 fully saturated rings. The van der Waals surface area contributed by atoms with Crippen LogP contribution in [-0.2, 0) is 4.79 Å². The Morgan fingerprint density at radius 1 is 1.47 bits per heavy atom. The first-order valence-electron chi connectivity index (χ1n) is 6.16. The van der Waals surface area contributed by atoms with Crippen LogP contribution in [0, 0.1) is 6.92 Å². The lowest BCUT2D eigenvalue weighted by atomic mass is 10.0. The first-order chi connectivity index (χ1) is 9.01. The van der Waals surface area contributed by atoms with Gasteiger partial charge in [0.25, 0.3) is 0 Å². The third kappa shape index (κ3) is 2.88. The van der Waals surface area contributed by atoms with E-state index in [1.54, 1.807) is 7.11 Å². The molecule has 2 aromatic rings. The molecule has 0 saturated heterocycles. The minimum atomic E-state index is -0.841. The number of nitrogens with two attached hydrogens (primary N) is 1. The highest BCUT2D eigenvalue weighted by Crippen LogP contribution is 2.31. The molecule has 19 heavy (non-hydrogen) atoms. The number of aryl methyl sites for hydroxylation is 1. The van der Waals surface area contributed by atoms with Crippen LogP contribution in [-0.4, -0.2) is 23.2 Å². The van der Waals surface area contributed by atoms with E-state index in [0.717, 1.165) is 22.2 Å². The molecule has 1 heterocycles. The number of nitrogens with one attached hydrogen (secondary N) is 1. The van der Waals surface area contributed by atoms with E-state index < -0.39 is 5.97 Å². The van der Waals surface area contributed by atoms with Crippen LogP contribution in [0.4, 0.5) is 0 Å². The number of carboxylic acids is 1. The topological polar surface area (TPSA) is 88.3 Å². The molecule has 1 aromatic carbocycles. The first kappa shape index (κ1) is 13.4. The molecule has 0 saturated carbocycles. The van der Waals surface area contributed by atoms with Crippen molar-refractivity contribution in [2.24, 2.45) is 5.73 Å². The van der Waals surface area contributed by atoms with E-state index in [0.29, 0.717) is 12.2 Å². The van der Waals surface area contributed by atoms with Crippen LogP contribution >= 0.6 is 0 Å². The summed E-state index contributed by atoms with van der Waals surface area (Å²) in [5.74, 6) is -0.143. The van der Waals surface area contributed by atoms with Gasteiger partial charge in [0, 0.05) is 34.6 Å². The number of hydrogen-bond donors (Lipinski definition) is 3. The largest absolute Gasteiger partial charge is 0.496 e. The van der Waals surface area contributed by atoms with Crippen LogP contribution in [0.3, 0.4) is 0 Å². The fourth-order valence-electron chi connectivity index (χ4n) is 2.22. The summed E-state index contributed by atoms with van der Waals surface area (Å²) in [7, 11) is 1.59. The minimum Gasteiger partial charge on any atom is -0.496 e. The maximum absolute atomic E-state index is 10.6. The first-order valence-corrected chi connectivity index (χ1v) is 6.16. The molecule has 0 aliphatic heterocycles. The maximum atomic E-state index is 10.6. The van der Waals surface area contributed by atoms with Crippen molar-refractivity contribution in [3.63, 3.8) is 0 Å². The number of rotatable bonds is 5. The highest BCUT2D eigenvalue weighted by atomic mass is 16.5. The van der Waals surface area contributed by atoms with Crippen molar-refractivity contribution < 1.29 is 14.6 Å². The van der Waals surface area contributed by atoms with Crippen molar-refractivity contribution in [3.8, 4) is 5.75 Å². The van der Waals surface area contributed by atoms with Crippen molar-refractivity contribution in [2.45, 2.75) is 25.8 Å². The van der Waals surface area contributed by atoms with Gasteiger partial charge in [0.2, 0.25) is 0 Å². The summed E-state index contributed by atoms with van der Waals surface area (Å²) in [4.78, 5) is 13.9. The Balaban J connectivity index is 2.36. The van der Waals surface area contributed by atoms with E-state index in [1.807, 2.05) is 25.1 Å². The lowest BCUT2D eigenvalue weighted by Gasteiger charge is -2.15. The molecule has 0 aliphatic rings. The number of carbonyl (C=O) groups is 1. The fraction of sp³-hybridized carbons (Fsp3) is 0.357. The van der Waals surface area contributed by atoms with Gasteiger partial charge in [-0.05, 0) is 31.5 Å². The zero-order valence-corrected chi connectivity index (χ0v) is 11.1. The SMILES string of the molecule is COc1cc2cc(C)[nH]c2cc1C(N)CCC(=O)O. The lowest BCUT2D eigenvalue weighted by Crippen LogP contribution is -2.13. The van der Waals surface area contributed by atoms with Crippen LogP contribution in [0.2, 0.25) is 0 Å². The highest BCUT2D eigenvalue weighted by Gasteiger charge is 2.15. The second-order valence-corrected chi connectivity index (χ2v) is 4.67. The number of aliphatic carboxylic acids is 1. The van der Waals surface area contributed by atoms with E-state index in [1.165, 1.54) is 0 Å². The number of benzene rings is 1. The van der Waals surface area contributed by atoms with E-state index in [-0.39, 0.29) is 12.5 Å². The standard InChI is InChI=1S/C14H18N2O3/c1-8-5-9-6-13(19-2)10(7-12(9)16-8)11(15)3-4-14(17)18/h5-7,11,16H,3-4,15H2,1-2H3,(H,17,18). The van der Waals surface area contributed by atoms with Gasteiger partial charge in [-0.2, -0.15) is 0 Å². The summed E-state index contributed by atoms with van der Waals surface area (Å²) in [5, 5.41) is 9.78. The molecular formula is C14H18N2O3. The van der Waals surface area contributed by atoms with Gasteiger partial charge in [0.15, 0.2) is 0 Å². The predicted molar refractivity (Wildman–Crippen MR) is 73.4 cm³/mol. The quantitative estimate of drug-likeness (QED) is 0.771. The molecule has 0 amide bonds. The molecule has 2 rings (SSSR count). The maximum Gasteiger partial charge on any atom is 0.303 e. The van der Waals surface area contributed by atoms with Crippen molar-refractivity contribution in [2.75, 3.05) is 7.11 Å². The van der Waals surface area contributed by atoms with Crippen molar-refractivity contribution >= 4 is 16.9 Å². The molecule has 0 radical (unpaired) electrons. The van der Waals surface area contributed by atoms with Gasteiger partial charge in [-0.15, -0.1) is 0 Å². The molecule has 4 N–H and O–H groups in total. The third-order valence-corrected chi connectivity index (χ3v) is 3.17. The van der Waals surface area contributed by atoms with Gasteiger partial charge in [-0.3, -0.25) is 4.79 Å². The van der Waals surface area contributed by atoms with E-state index in [9.17, 15) is 4.79 Å². The summed E-state index contributed by atoms with van der Waals surface area (Å²) >= 11 is 0. The molecular weight excluding hydrogens is 244 g/mol. The number of fused-ring (bicyclic) bond motifs is 1. The smallest absolute Gasteiger partial charge is 0.303 e. The van der Waals surface area contributed by atoms with Crippen LogP contribution in [0.1, 0.15) is 30.1 Å². The Morgan fingerprint density at radius 2 is 2.21 bits per heavy atom. The van der Waals surface area contributed by atoms with E-state index in [2.05, 4.69) is 4.98 Å². The molecule has 0 bridgehead atoms. The normalized spacial score (nSPS) is 12.6. The minimum absolute atomic E-state index is 0.0477. The second kappa shape index (κ2) is 5.32. The third-order valence-electron chi connectivity index (χ3n) is 3.17. The van der Waals surface area contributed by atoms with Crippen LogP contribution < -0.4 is 10.5 Å². The van der Waals surface area contributed by atoms with Crippen molar-refractivity contribution in [1.82, 2.24) is 4.98 Å². The van der Waals surface area contributed by atoms with E-state index >= 15 is 0 Å². The zero-order valence-electron chi connectivity index (χ0n) is 11.1. The van der Waals surface area contributed by atoms with Gasteiger partial charge < -0.3 is 20.6 Å². The van der Waals surface area contributed by atoms with Gasteiger partial charge in [0.1, 0.15) is 5.75 Å². The average molecular weight is 262 g/mol. The Labute approximate surface area is 111 Å². The molecule has 5 nitrogen and oxygen atoms in total. The molecule has 1 unspecified atom stereocenters. The monoisotopic (exact) mass is 262 g/mol. The predicted octanol–water partition coefficient (Wildman–Crippen LogP) is 2.35. The summed E-state index contributed by atoms with van der Waals surface area (Å²) in [6, 6.07) is 5.55. The van der Waals surface area contributed by atoms with Crippen LogP contribution in [0.5, 0.6) is 5.75 Å². The number of hydrogen-bond acceptors (Lipinski definition) is 3. The number of carboxylic acid groups (broad SMARTS) is 1. The molecule has 1 atom stereocenters. The van der Waals surface area contributed by atoms with Gasteiger partial charge in [0.05, 0.1) is 7.11 Å². The Hall–Kier alpha value is -2.01. The number of methoxy groups -OCH3 is 1. The zero-order chi connectivity index (χ0) is 14.0. The van der Waals surface area contributed by atoms with Crippen molar-refractivity contribution in [3.05, 3.63) is 29.5 Å². The van der Waals surface area contributed by atoms with Gasteiger partial charge in [-0.25, -0.2) is 0 Å². The van der Waals surface area contributed by atoms with Crippen LogP contribution in [0.15, 0.2) is 18.2 Å². The summed E-state index contributed by atoms with van der Waals surface area (Å²) in [6.45, 7) is 1.98. The Bertz CT molecular complexity index is 604. The Kier molecular flexibility index (Phi) is 3.76. The number of H-pyrrole nitrogens is 1. The molecule has 0 spiro atoms. The van der Waals surface area contributed by atoms with Crippen molar-refractivity contribution in [1.29, 1.82) is 0 Å². The lowest BCUT2D eigenvalue weighted by molar-refractivity contribution is -0.137. The van der Waals surface area contributed by atoms with Gasteiger partial charge in [-0.1, -0.05) is 0 Å². The molecule has 0 aliphatic carbocycles. The summed E-state index contributed by atoms with van der Waals surface area (Å²) < 4.78 is 5.35. The highest BCUT2D eigenvalue weighted by molar-refractivity contribution is 5.83. The number of aromatic amines is 1. The average Bonchev–Trinajstić information content (AvgIpc) is 2.73. The Morgan fingerprint density at radius 3 is 2.84 bits per heavy atom. The van der Waals surface area contributed by atoms with Crippen LogP contribution in [0.25, 0.3) is 10.9 Å². The summed E-state index contributed by atoms with van der Waals surface area (Å²) in [6.07, 6.45) is 0.434.